The van der Waals surface area contributed by atoms with E-state index in [0.717, 1.165) is 5.92 Å². The van der Waals surface area contributed by atoms with E-state index in [9.17, 15) is 0 Å². The highest BCUT2D eigenvalue weighted by Gasteiger charge is 2.24. The lowest BCUT2D eigenvalue weighted by Gasteiger charge is -1.82. The second-order valence-corrected chi connectivity index (χ2v) is 3.07. The van der Waals surface area contributed by atoms with Crippen LogP contribution in [0.5, 0.6) is 0 Å². The van der Waals surface area contributed by atoms with E-state index in [1.54, 1.807) is 0 Å². The maximum atomic E-state index is 2.34. The molecule has 0 N–H and O–H groups in total. The molecule has 0 bridgehead atoms. The third-order valence-corrected chi connectivity index (χ3v) is 2.38. The maximum absolute atomic E-state index is 2.34. The van der Waals surface area contributed by atoms with Gasteiger partial charge in [-0.3, -0.25) is 0 Å². The fraction of sp³-hybridized carbons (Fsp3) is 0.286. The molecule has 1 unspecified atom stereocenters. The zero-order chi connectivity index (χ0) is 5.40. The van der Waals surface area contributed by atoms with E-state index in [2.05, 4.69) is 23.9 Å². The molecule has 8 heavy (non-hydrogen) atoms. The van der Waals surface area contributed by atoms with Gasteiger partial charge in [0.05, 0.1) is 0 Å². The van der Waals surface area contributed by atoms with Crippen molar-refractivity contribution >= 4 is 11.3 Å². The molecular formula is C7H7S. The lowest BCUT2D eigenvalue weighted by molar-refractivity contribution is 1.21. The summed E-state index contributed by atoms with van der Waals surface area (Å²) in [5, 5.41) is 2.14. The van der Waals surface area contributed by atoms with Gasteiger partial charge in [0.15, 0.2) is 0 Å². The van der Waals surface area contributed by atoms with Gasteiger partial charge in [0, 0.05) is 4.88 Å². The second kappa shape index (κ2) is 1.59. The van der Waals surface area contributed by atoms with Crippen molar-refractivity contribution in [3.05, 3.63) is 28.8 Å². The van der Waals surface area contributed by atoms with Gasteiger partial charge >= 0.3 is 0 Å². The van der Waals surface area contributed by atoms with Crippen molar-refractivity contribution in [3.8, 4) is 0 Å². The van der Waals surface area contributed by atoms with Crippen molar-refractivity contribution in [1.82, 2.24) is 0 Å². The molecule has 1 atom stereocenters. The Morgan fingerprint density at radius 2 is 2.50 bits per heavy atom. The van der Waals surface area contributed by atoms with E-state index in [1.807, 2.05) is 11.3 Å². The van der Waals surface area contributed by atoms with Crippen LogP contribution in [0.2, 0.25) is 0 Å². The van der Waals surface area contributed by atoms with Gasteiger partial charge in [-0.1, -0.05) is 6.07 Å². The Balaban J connectivity index is 2.28. The van der Waals surface area contributed by atoms with Crippen molar-refractivity contribution in [3.63, 3.8) is 0 Å². The molecule has 1 heteroatoms. The van der Waals surface area contributed by atoms with Gasteiger partial charge in [-0.25, -0.2) is 0 Å². The summed E-state index contributed by atoms with van der Waals surface area (Å²) in [5.74, 6) is 0.829. The van der Waals surface area contributed by atoms with Crippen LogP contribution in [0.4, 0.5) is 0 Å². The van der Waals surface area contributed by atoms with E-state index in [4.69, 9.17) is 0 Å². The molecule has 0 aromatic carbocycles. The van der Waals surface area contributed by atoms with Crippen LogP contribution in [0.3, 0.4) is 0 Å². The number of thiophene rings is 1. The molecule has 0 nitrogen and oxygen atoms in total. The van der Waals surface area contributed by atoms with Crippen LogP contribution >= 0.6 is 11.3 Å². The third-order valence-electron chi connectivity index (χ3n) is 1.38. The van der Waals surface area contributed by atoms with Crippen LogP contribution in [0.1, 0.15) is 17.2 Å². The third kappa shape index (κ3) is 0.671. The largest absolute Gasteiger partial charge is 0.149 e. The summed E-state index contributed by atoms with van der Waals surface area (Å²) in [7, 11) is 0. The zero-order valence-corrected chi connectivity index (χ0v) is 5.32. The fourth-order valence-corrected chi connectivity index (χ4v) is 1.64. The van der Waals surface area contributed by atoms with Crippen LogP contribution in [0.25, 0.3) is 0 Å². The van der Waals surface area contributed by atoms with Gasteiger partial charge in [-0.15, -0.1) is 11.3 Å². The van der Waals surface area contributed by atoms with Crippen molar-refractivity contribution in [2.45, 2.75) is 12.3 Å². The SMILES string of the molecule is [CH]1CC1c1cccs1. The number of rotatable bonds is 1. The first-order chi connectivity index (χ1) is 3.97. The summed E-state index contributed by atoms with van der Waals surface area (Å²) in [6.45, 7) is 0. The Morgan fingerprint density at radius 3 is 3.00 bits per heavy atom. The average Bonchev–Trinajstić information content (AvgIpc) is 2.49. The standard InChI is InChI=1S/C7H7S/c1-2-7(8-5-1)6-3-4-6/h1-3,5-6H,4H2. The highest BCUT2D eigenvalue weighted by molar-refractivity contribution is 7.10. The van der Waals surface area contributed by atoms with E-state index >= 15 is 0 Å². The first-order valence-corrected chi connectivity index (χ1v) is 3.71. The predicted octanol–water partition coefficient (Wildman–Crippen LogP) is 2.44. The van der Waals surface area contributed by atoms with Crippen molar-refractivity contribution in [1.29, 1.82) is 0 Å². The maximum Gasteiger partial charge on any atom is 0.00791 e. The molecule has 1 heterocycles. The molecule has 0 saturated heterocycles. The van der Waals surface area contributed by atoms with E-state index < -0.39 is 0 Å². The Morgan fingerprint density at radius 1 is 1.62 bits per heavy atom. The summed E-state index contributed by atoms with van der Waals surface area (Å²) in [6.07, 6.45) is 3.65. The van der Waals surface area contributed by atoms with Gasteiger partial charge in [0.2, 0.25) is 0 Å². The molecule has 1 fully saturated rings. The lowest BCUT2D eigenvalue weighted by Crippen LogP contribution is -1.62. The van der Waals surface area contributed by atoms with E-state index in [-0.39, 0.29) is 0 Å². The van der Waals surface area contributed by atoms with E-state index in [1.165, 1.54) is 11.3 Å². The lowest BCUT2D eigenvalue weighted by atomic mass is 10.3. The molecule has 1 aromatic rings. The minimum atomic E-state index is 0.829. The molecule has 1 aliphatic carbocycles. The zero-order valence-electron chi connectivity index (χ0n) is 4.50. The fourth-order valence-electron chi connectivity index (χ4n) is 0.803. The van der Waals surface area contributed by atoms with Gasteiger partial charge in [0.1, 0.15) is 0 Å². The molecule has 1 saturated carbocycles. The summed E-state index contributed by atoms with van der Waals surface area (Å²) in [4.78, 5) is 1.53. The van der Waals surface area contributed by atoms with Gasteiger partial charge in [-0.05, 0) is 30.2 Å². The molecule has 41 valence electrons. The van der Waals surface area contributed by atoms with E-state index in [0.29, 0.717) is 0 Å². The Hall–Kier alpha value is -0.300. The topological polar surface area (TPSA) is 0 Å². The smallest absolute Gasteiger partial charge is 0.00791 e. The van der Waals surface area contributed by atoms with Gasteiger partial charge in [0.25, 0.3) is 0 Å². The van der Waals surface area contributed by atoms with Gasteiger partial charge in [-0.2, -0.15) is 0 Å². The molecular weight excluding hydrogens is 116 g/mol. The van der Waals surface area contributed by atoms with Crippen LogP contribution in [0.15, 0.2) is 17.5 Å². The number of hydrogen-bond acceptors (Lipinski definition) is 1. The minimum absolute atomic E-state index is 0.829. The molecule has 1 aromatic heterocycles. The van der Waals surface area contributed by atoms with Crippen molar-refractivity contribution < 1.29 is 0 Å². The summed E-state index contributed by atoms with van der Waals surface area (Å²) >= 11 is 1.86. The van der Waals surface area contributed by atoms with Crippen molar-refractivity contribution in [2.24, 2.45) is 0 Å². The normalized spacial score (nSPS) is 19.0. The molecule has 0 aliphatic heterocycles. The molecule has 1 aliphatic rings. The van der Waals surface area contributed by atoms with Crippen LogP contribution < -0.4 is 0 Å². The Labute approximate surface area is 53.2 Å². The van der Waals surface area contributed by atoms with Crippen LogP contribution in [0, 0.1) is 6.42 Å². The number of hydrogen-bond donors (Lipinski definition) is 0. The highest BCUT2D eigenvalue weighted by atomic mass is 32.1. The highest BCUT2D eigenvalue weighted by Crippen LogP contribution is 2.40. The minimum Gasteiger partial charge on any atom is -0.149 e. The Bertz CT molecular complexity index is 161. The van der Waals surface area contributed by atoms with Crippen molar-refractivity contribution in [2.75, 3.05) is 0 Å². The summed E-state index contributed by atoms with van der Waals surface area (Å²) in [5.41, 5.74) is 0. The van der Waals surface area contributed by atoms with Crippen LogP contribution in [-0.4, -0.2) is 0 Å². The molecule has 0 spiro atoms. The quantitative estimate of drug-likeness (QED) is 0.538. The Kier molecular flexibility index (Phi) is 0.908. The first-order valence-electron chi connectivity index (χ1n) is 2.83. The average molecular weight is 123 g/mol. The monoisotopic (exact) mass is 123 g/mol. The van der Waals surface area contributed by atoms with Crippen LogP contribution in [-0.2, 0) is 0 Å². The molecule has 0 amide bonds. The predicted molar refractivity (Wildman–Crippen MR) is 36.0 cm³/mol. The molecule has 1 radical (unpaired) electrons. The molecule has 2 rings (SSSR count). The summed E-state index contributed by atoms with van der Waals surface area (Å²) in [6, 6.07) is 4.32. The van der Waals surface area contributed by atoms with Gasteiger partial charge < -0.3 is 0 Å². The second-order valence-electron chi connectivity index (χ2n) is 2.09. The first kappa shape index (κ1) is 4.57. The summed E-state index contributed by atoms with van der Waals surface area (Å²) < 4.78 is 0.